The van der Waals surface area contributed by atoms with Crippen LogP contribution in [0.4, 0.5) is 0 Å². The highest BCUT2D eigenvalue weighted by Crippen LogP contribution is 2.13. The van der Waals surface area contributed by atoms with E-state index in [1.54, 1.807) is 0 Å². The van der Waals surface area contributed by atoms with E-state index in [1.165, 1.54) is 19.3 Å². The van der Waals surface area contributed by atoms with Gasteiger partial charge < -0.3 is 0 Å². The number of hydrogen-bond donors (Lipinski definition) is 0. The van der Waals surface area contributed by atoms with Crippen LogP contribution in [0.1, 0.15) is 25.1 Å². The molecule has 0 aliphatic carbocycles. The second kappa shape index (κ2) is 5.27. The van der Waals surface area contributed by atoms with Gasteiger partial charge in [-0.2, -0.15) is 4.68 Å². The minimum Gasteiger partial charge on any atom is -0.296 e. The lowest BCUT2D eigenvalue weighted by Crippen LogP contribution is -2.30. The molecule has 1 aliphatic heterocycles. The van der Waals surface area contributed by atoms with Crippen molar-refractivity contribution in [2.24, 2.45) is 0 Å². The molecule has 5 nitrogen and oxygen atoms in total. The van der Waals surface area contributed by atoms with Crippen LogP contribution in [0.5, 0.6) is 0 Å². The highest BCUT2D eigenvalue weighted by atomic mass is 15.5. The summed E-state index contributed by atoms with van der Waals surface area (Å²) in [6.07, 6.45) is 3.92. The van der Waals surface area contributed by atoms with Gasteiger partial charge in [-0.15, -0.1) is 5.10 Å². The average Bonchev–Trinajstić information content (AvgIpc) is 2.89. The molecule has 2 aromatic rings. The standard InChI is InChI=1S/C13H17N5/c1-3-7-12(8-4-1)18-13(14-15-16-18)11-17-9-5-2-6-10-17/h1,3-4,7-8H,2,5-6,9-11H2. The lowest BCUT2D eigenvalue weighted by Gasteiger charge is -2.25. The SMILES string of the molecule is c1ccc(-n2nnnc2CN2CCCCC2)cc1. The van der Waals surface area contributed by atoms with Crippen molar-refractivity contribution >= 4 is 0 Å². The molecule has 0 bridgehead atoms. The van der Waals surface area contributed by atoms with Gasteiger partial charge in [0, 0.05) is 0 Å². The van der Waals surface area contributed by atoms with Crippen LogP contribution in [-0.4, -0.2) is 38.2 Å². The van der Waals surface area contributed by atoms with Crippen LogP contribution in [0.3, 0.4) is 0 Å². The molecule has 18 heavy (non-hydrogen) atoms. The predicted molar refractivity (Wildman–Crippen MR) is 68.3 cm³/mol. The number of benzene rings is 1. The monoisotopic (exact) mass is 243 g/mol. The molecule has 0 spiro atoms. The zero-order valence-electron chi connectivity index (χ0n) is 10.4. The van der Waals surface area contributed by atoms with Crippen molar-refractivity contribution < 1.29 is 0 Å². The van der Waals surface area contributed by atoms with Gasteiger partial charge in [0.05, 0.1) is 12.2 Å². The molecule has 1 aliphatic rings. The highest BCUT2D eigenvalue weighted by Gasteiger charge is 2.15. The van der Waals surface area contributed by atoms with Gasteiger partial charge in [0.2, 0.25) is 0 Å². The molecule has 1 aromatic heterocycles. The molecule has 0 unspecified atom stereocenters. The molecule has 5 heteroatoms. The third-order valence-electron chi connectivity index (χ3n) is 3.35. The molecule has 1 saturated heterocycles. The summed E-state index contributed by atoms with van der Waals surface area (Å²) in [6.45, 7) is 3.14. The van der Waals surface area contributed by atoms with Gasteiger partial charge in [-0.05, 0) is 48.5 Å². The van der Waals surface area contributed by atoms with E-state index < -0.39 is 0 Å². The van der Waals surface area contributed by atoms with Gasteiger partial charge in [0.15, 0.2) is 5.82 Å². The molecule has 2 heterocycles. The minimum absolute atomic E-state index is 0.835. The van der Waals surface area contributed by atoms with Crippen molar-refractivity contribution in [1.82, 2.24) is 25.1 Å². The fourth-order valence-corrected chi connectivity index (χ4v) is 2.39. The van der Waals surface area contributed by atoms with E-state index in [2.05, 4.69) is 20.4 Å². The van der Waals surface area contributed by atoms with Gasteiger partial charge in [-0.25, -0.2) is 0 Å². The molecule has 0 radical (unpaired) electrons. The number of likely N-dealkylation sites (tertiary alicyclic amines) is 1. The van der Waals surface area contributed by atoms with E-state index in [4.69, 9.17) is 0 Å². The van der Waals surface area contributed by atoms with Crippen LogP contribution in [-0.2, 0) is 6.54 Å². The van der Waals surface area contributed by atoms with Gasteiger partial charge in [0.1, 0.15) is 0 Å². The Labute approximate surface area is 106 Å². The predicted octanol–water partition coefficient (Wildman–Crippen LogP) is 1.65. The summed E-state index contributed by atoms with van der Waals surface area (Å²) in [4.78, 5) is 2.43. The van der Waals surface area contributed by atoms with Crippen LogP contribution in [0, 0.1) is 0 Å². The number of nitrogens with zero attached hydrogens (tertiary/aromatic N) is 5. The van der Waals surface area contributed by atoms with Crippen molar-refractivity contribution in [3.8, 4) is 5.69 Å². The van der Waals surface area contributed by atoms with E-state index in [-0.39, 0.29) is 0 Å². The molecule has 3 rings (SSSR count). The zero-order chi connectivity index (χ0) is 12.2. The van der Waals surface area contributed by atoms with Gasteiger partial charge in [0.25, 0.3) is 0 Å². The summed E-state index contributed by atoms with van der Waals surface area (Å²) in [5, 5.41) is 12.0. The first-order valence-electron chi connectivity index (χ1n) is 6.48. The molecule has 0 saturated carbocycles. The first-order valence-corrected chi connectivity index (χ1v) is 6.48. The smallest absolute Gasteiger partial charge is 0.170 e. The van der Waals surface area contributed by atoms with Crippen LogP contribution >= 0.6 is 0 Å². The van der Waals surface area contributed by atoms with Crippen molar-refractivity contribution in [3.05, 3.63) is 36.2 Å². The summed E-state index contributed by atoms with van der Waals surface area (Å²) in [5.41, 5.74) is 1.02. The minimum atomic E-state index is 0.835. The average molecular weight is 243 g/mol. The molecular formula is C13H17N5. The molecular weight excluding hydrogens is 226 g/mol. The maximum atomic E-state index is 4.15. The maximum Gasteiger partial charge on any atom is 0.170 e. The first kappa shape index (κ1) is 11.3. The fraction of sp³-hybridized carbons (Fsp3) is 0.462. The lowest BCUT2D eigenvalue weighted by molar-refractivity contribution is 0.214. The third kappa shape index (κ3) is 2.41. The molecule has 1 aromatic carbocycles. The van der Waals surface area contributed by atoms with E-state index in [9.17, 15) is 0 Å². The topological polar surface area (TPSA) is 46.8 Å². The summed E-state index contributed by atoms with van der Waals surface area (Å²) in [7, 11) is 0. The summed E-state index contributed by atoms with van der Waals surface area (Å²) in [6, 6.07) is 10.0. The zero-order valence-corrected chi connectivity index (χ0v) is 10.4. The van der Waals surface area contributed by atoms with Crippen LogP contribution in [0.2, 0.25) is 0 Å². The largest absolute Gasteiger partial charge is 0.296 e. The normalized spacial score (nSPS) is 16.9. The second-order valence-corrected chi connectivity index (χ2v) is 4.68. The van der Waals surface area contributed by atoms with Gasteiger partial charge >= 0.3 is 0 Å². The van der Waals surface area contributed by atoms with Crippen LogP contribution in [0.15, 0.2) is 30.3 Å². The van der Waals surface area contributed by atoms with Crippen molar-refractivity contribution in [2.75, 3.05) is 13.1 Å². The number of aromatic nitrogens is 4. The van der Waals surface area contributed by atoms with Gasteiger partial charge in [-0.3, -0.25) is 4.90 Å². The van der Waals surface area contributed by atoms with Crippen molar-refractivity contribution in [1.29, 1.82) is 0 Å². The Morgan fingerprint density at radius 2 is 1.78 bits per heavy atom. The van der Waals surface area contributed by atoms with Crippen molar-refractivity contribution in [3.63, 3.8) is 0 Å². The molecule has 0 amide bonds. The summed E-state index contributed by atoms with van der Waals surface area (Å²) in [5.74, 6) is 0.920. The summed E-state index contributed by atoms with van der Waals surface area (Å²) < 4.78 is 1.83. The molecule has 94 valence electrons. The van der Waals surface area contributed by atoms with Crippen LogP contribution in [0.25, 0.3) is 5.69 Å². The van der Waals surface area contributed by atoms with Crippen molar-refractivity contribution in [2.45, 2.75) is 25.8 Å². The molecule has 1 fully saturated rings. The molecule has 0 N–H and O–H groups in total. The Bertz CT molecular complexity index is 487. The lowest BCUT2D eigenvalue weighted by atomic mass is 10.1. The number of piperidine rings is 1. The van der Waals surface area contributed by atoms with E-state index in [0.717, 1.165) is 31.1 Å². The second-order valence-electron chi connectivity index (χ2n) is 4.68. The Balaban J connectivity index is 1.79. The number of hydrogen-bond acceptors (Lipinski definition) is 4. The first-order chi connectivity index (χ1) is 8.93. The Morgan fingerprint density at radius 3 is 2.56 bits per heavy atom. The third-order valence-corrected chi connectivity index (χ3v) is 3.35. The molecule has 0 atom stereocenters. The summed E-state index contributed by atoms with van der Waals surface area (Å²) >= 11 is 0. The highest BCUT2D eigenvalue weighted by molar-refractivity contribution is 5.30. The Kier molecular flexibility index (Phi) is 3.32. The van der Waals surface area contributed by atoms with Crippen LogP contribution < -0.4 is 0 Å². The van der Waals surface area contributed by atoms with E-state index >= 15 is 0 Å². The maximum absolute atomic E-state index is 4.15. The fourth-order valence-electron chi connectivity index (χ4n) is 2.39. The number of para-hydroxylation sites is 1. The Hall–Kier alpha value is -1.75. The number of tetrazole rings is 1. The Morgan fingerprint density at radius 1 is 1.00 bits per heavy atom. The number of rotatable bonds is 3. The van der Waals surface area contributed by atoms with Gasteiger partial charge in [-0.1, -0.05) is 24.6 Å². The van der Waals surface area contributed by atoms with E-state index in [0.29, 0.717) is 0 Å². The van der Waals surface area contributed by atoms with E-state index in [1.807, 2.05) is 35.0 Å². The quantitative estimate of drug-likeness (QED) is 0.822.